The zero-order valence-electron chi connectivity index (χ0n) is 10.3. The van der Waals surface area contributed by atoms with E-state index < -0.39 is 23.1 Å². The molecule has 2 nitrogen and oxygen atoms in total. The predicted octanol–water partition coefficient (Wildman–Crippen LogP) is 3.77. The minimum Gasteiger partial charge on any atom is -0.335 e. The maximum atomic E-state index is 13.7. The summed E-state index contributed by atoms with van der Waals surface area (Å²) in [6.07, 6.45) is 0. The normalized spacial score (nSPS) is 10.3. The average Bonchev–Trinajstić information content (AvgIpc) is 2.23. The summed E-state index contributed by atoms with van der Waals surface area (Å²) in [7, 11) is 0. The number of benzene rings is 1. The lowest BCUT2D eigenvalue weighted by Gasteiger charge is -2.21. The van der Waals surface area contributed by atoms with Crippen molar-refractivity contribution in [3.05, 3.63) is 46.0 Å². The Labute approximate surface area is 113 Å². The van der Waals surface area contributed by atoms with Crippen LogP contribution in [0.4, 0.5) is 8.78 Å². The van der Waals surface area contributed by atoms with Gasteiger partial charge in [-0.25, -0.2) is 8.78 Å². The van der Waals surface area contributed by atoms with Crippen molar-refractivity contribution in [1.29, 1.82) is 0 Å². The van der Waals surface area contributed by atoms with E-state index in [0.29, 0.717) is 6.54 Å². The van der Waals surface area contributed by atoms with Crippen LogP contribution in [0.3, 0.4) is 0 Å². The SMILES string of the molecule is C=C(C)CN(CC)C(=O)c1c(F)cc(Br)cc1F. The van der Waals surface area contributed by atoms with E-state index in [0.717, 1.165) is 17.7 Å². The first-order valence-corrected chi connectivity index (χ1v) is 6.24. The Morgan fingerprint density at radius 1 is 1.39 bits per heavy atom. The van der Waals surface area contributed by atoms with E-state index >= 15 is 0 Å². The van der Waals surface area contributed by atoms with Crippen molar-refractivity contribution in [3.63, 3.8) is 0 Å². The first-order chi connectivity index (χ1) is 8.36. The van der Waals surface area contributed by atoms with E-state index in [1.807, 2.05) is 0 Å². The maximum absolute atomic E-state index is 13.7. The second-order valence-corrected chi connectivity index (χ2v) is 4.94. The van der Waals surface area contributed by atoms with Crippen molar-refractivity contribution >= 4 is 21.8 Å². The fourth-order valence-corrected chi connectivity index (χ4v) is 1.96. The largest absolute Gasteiger partial charge is 0.335 e. The molecule has 1 aromatic rings. The Hall–Kier alpha value is -1.23. The van der Waals surface area contributed by atoms with Crippen LogP contribution in [0.5, 0.6) is 0 Å². The van der Waals surface area contributed by atoms with E-state index in [9.17, 15) is 13.6 Å². The fraction of sp³-hybridized carbons (Fsp3) is 0.308. The summed E-state index contributed by atoms with van der Waals surface area (Å²) in [6.45, 7) is 7.83. The lowest BCUT2D eigenvalue weighted by molar-refractivity contribution is 0.0768. The molecule has 18 heavy (non-hydrogen) atoms. The molecular weight excluding hydrogens is 304 g/mol. The van der Waals surface area contributed by atoms with Gasteiger partial charge < -0.3 is 4.90 Å². The zero-order chi connectivity index (χ0) is 13.9. The van der Waals surface area contributed by atoms with Gasteiger partial charge in [0.2, 0.25) is 0 Å². The van der Waals surface area contributed by atoms with Crippen molar-refractivity contribution in [2.75, 3.05) is 13.1 Å². The Morgan fingerprint density at radius 2 is 1.89 bits per heavy atom. The molecule has 0 aliphatic rings. The van der Waals surface area contributed by atoms with Crippen LogP contribution >= 0.6 is 15.9 Å². The quantitative estimate of drug-likeness (QED) is 0.774. The summed E-state index contributed by atoms with van der Waals surface area (Å²) < 4.78 is 27.6. The van der Waals surface area contributed by atoms with Crippen LogP contribution < -0.4 is 0 Å². The molecule has 5 heteroatoms. The second-order valence-electron chi connectivity index (χ2n) is 4.02. The Bertz CT molecular complexity index is 465. The number of rotatable bonds is 4. The van der Waals surface area contributed by atoms with Gasteiger partial charge in [0.1, 0.15) is 17.2 Å². The summed E-state index contributed by atoms with van der Waals surface area (Å²) >= 11 is 2.97. The molecule has 0 saturated carbocycles. The van der Waals surface area contributed by atoms with Crippen LogP contribution in [0, 0.1) is 11.6 Å². The predicted molar refractivity (Wildman–Crippen MR) is 70.4 cm³/mol. The molecule has 0 heterocycles. The molecule has 0 bridgehead atoms. The molecule has 0 fully saturated rings. The lowest BCUT2D eigenvalue weighted by Crippen LogP contribution is -2.33. The first kappa shape index (κ1) is 14.8. The van der Waals surface area contributed by atoms with Crippen LogP contribution in [-0.2, 0) is 0 Å². The fourth-order valence-electron chi connectivity index (χ4n) is 1.56. The Kier molecular flexibility index (Phi) is 5.02. The van der Waals surface area contributed by atoms with Crippen molar-refractivity contribution < 1.29 is 13.6 Å². The van der Waals surface area contributed by atoms with Crippen molar-refractivity contribution in [1.82, 2.24) is 4.90 Å². The minimum absolute atomic E-state index is 0.261. The summed E-state index contributed by atoms with van der Waals surface area (Å²) in [5, 5.41) is 0. The molecule has 1 aromatic carbocycles. The van der Waals surface area contributed by atoms with Crippen LogP contribution in [0.25, 0.3) is 0 Å². The summed E-state index contributed by atoms with van der Waals surface area (Å²) in [6, 6.07) is 2.15. The van der Waals surface area contributed by atoms with Crippen molar-refractivity contribution in [2.24, 2.45) is 0 Å². The van der Waals surface area contributed by atoms with Gasteiger partial charge in [0, 0.05) is 17.6 Å². The molecule has 98 valence electrons. The highest BCUT2D eigenvalue weighted by molar-refractivity contribution is 9.10. The van der Waals surface area contributed by atoms with E-state index in [-0.39, 0.29) is 11.0 Å². The number of halogens is 3. The summed E-state index contributed by atoms with van der Waals surface area (Å²) in [5.74, 6) is -2.40. The molecule has 1 amide bonds. The van der Waals surface area contributed by atoms with Crippen LogP contribution in [0.15, 0.2) is 28.8 Å². The van der Waals surface area contributed by atoms with Crippen LogP contribution in [0.2, 0.25) is 0 Å². The lowest BCUT2D eigenvalue weighted by atomic mass is 10.1. The van der Waals surface area contributed by atoms with E-state index in [4.69, 9.17) is 0 Å². The third-order valence-electron chi connectivity index (χ3n) is 2.35. The molecule has 0 unspecified atom stereocenters. The molecule has 0 aliphatic heterocycles. The smallest absolute Gasteiger partial charge is 0.260 e. The molecule has 0 radical (unpaired) electrons. The molecule has 1 rings (SSSR count). The second kappa shape index (κ2) is 6.09. The van der Waals surface area contributed by atoms with Gasteiger partial charge in [-0.05, 0) is 26.0 Å². The maximum Gasteiger partial charge on any atom is 0.260 e. The number of amides is 1. The Morgan fingerprint density at radius 3 is 2.28 bits per heavy atom. The number of hydrogen-bond donors (Lipinski definition) is 0. The van der Waals surface area contributed by atoms with Gasteiger partial charge in [-0.2, -0.15) is 0 Å². The van der Waals surface area contributed by atoms with Gasteiger partial charge >= 0.3 is 0 Å². The molecular formula is C13H14BrF2NO. The number of likely N-dealkylation sites (N-methyl/N-ethyl adjacent to an activating group) is 1. The van der Waals surface area contributed by atoms with Crippen molar-refractivity contribution in [3.8, 4) is 0 Å². The Balaban J connectivity index is 3.13. The number of nitrogens with zero attached hydrogens (tertiary/aromatic N) is 1. The number of hydrogen-bond acceptors (Lipinski definition) is 1. The van der Waals surface area contributed by atoms with E-state index in [1.54, 1.807) is 13.8 Å². The zero-order valence-corrected chi connectivity index (χ0v) is 11.9. The van der Waals surface area contributed by atoms with E-state index in [1.165, 1.54) is 4.90 Å². The highest BCUT2D eigenvalue weighted by atomic mass is 79.9. The minimum atomic E-state index is -0.868. The topological polar surface area (TPSA) is 20.3 Å². The van der Waals surface area contributed by atoms with Gasteiger partial charge in [-0.1, -0.05) is 28.1 Å². The van der Waals surface area contributed by atoms with Gasteiger partial charge in [-0.15, -0.1) is 0 Å². The number of carbonyl (C=O) groups excluding carboxylic acids is 1. The molecule has 0 atom stereocenters. The number of carbonyl (C=O) groups is 1. The van der Waals surface area contributed by atoms with E-state index in [2.05, 4.69) is 22.5 Å². The van der Waals surface area contributed by atoms with Crippen LogP contribution in [-0.4, -0.2) is 23.9 Å². The standard InChI is InChI=1S/C13H14BrF2NO/c1-4-17(7-8(2)3)13(18)12-10(15)5-9(14)6-11(12)16/h5-6H,2,4,7H2,1,3H3. The van der Waals surface area contributed by atoms with Crippen molar-refractivity contribution in [2.45, 2.75) is 13.8 Å². The molecule has 0 saturated heterocycles. The first-order valence-electron chi connectivity index (χ1n) is 5.45. The third kappa shape index (κ3) is 3.38. The summed E-state index contributed by atoms with van der Waals surface area (Å²) in [4.78, 5) is 13.4. The third-order valence-corrected chi connectivity index (χ3v) is 2.81. The van der Waals surface area contributed by atoms with Gasteiger partial charge in [0.15, 0.2) is 0 Å². The summed E-state index contributed by atoms with van der Waals surface area (Å²) in [5.41, 5.74) is 0.226. The average molecular weight is 318 g/mol. The molecule has 0 spiro atoms. The van der Waals surface area contributed by atoms with Gasteiger partial charge in [0.05, 0.1) is 0 Å². The van der Waals surface area contributed by atoms with Gasteiger partial charge in [0.25, 0.3) is 5.91 Å². The molecule has 0 N–H and O–H groups in total. The molecule has 0 aromatic heterocycles. The highest BCUT2D eigenvalue weighted by Crippen LogP contribution is 2.21. The van der Waals surface area contributed by atoms with Crippen LogP contribution in [0.1, 0.15) is 24.2 Å². The van der Waals surface area contributed by atoms with Gasteiger partial charge in [-0.3, -0.25) is 4.79 Å². The molecule has 0 aliphatic carbocycles. The highest BCUT2D eigenvalue weighted by Gasteiger charge is 2.22. The monoisotopic (exact) mass is 317 g/mol.